The highest BCUT2D eigenvalue weighted by Crippen LogP contribution is 2.66. The van der Waals surface area contributed by atoms with Gasteiger partial charge in [0.05, 0.1) is 12.2 Å². The van der Waals surface area contributed by atoms with Crippen LogP contribution in [0.15, 0.2) is 36.6 Å². The smallest absolute Gasteiger partial charge is 0.119 e. The van der Waals surface area contributed by atoms with Crippen molar-refractivity contribution in [2.75, 3.05) is 6.61 Å². The van der Waals surface area contributed by atoms with Gasteiger partial charge in [-0.1, -0.05) is 19.6 Å². The standard InChI is InChI=1S/C24H32O2/c1-4-13-24(25)15-12-22-21-9-7-17-16-18(26-6-3)8-10-19(17)20(21)11-14-23(22,24)5-2/h8,10,13,16,20-22,25H,1,5-7,9,11-12,14-15H2,2-3H3/t20-,21-,22+,23+,24+/m1/s1. The van der Waals surface area contributed by atoms with Crippen molar-refractivity contribution >= 4 is 0 Å². The molecule has 1 N–H and O–H groups in total. The molecule has 2 saturated carbocycles. The molecule has 2 fully saturated rings. The minimum absolute atomic E-state index is 0.0155. The van der Waals surface area contributed by atoms with Gasteiger partial charge in [0, 0.05) is 5.41 Å². The summed E-state index contributed by atoms with van der Waals surface area (Å²) in [7, 11) is 0. The summed E-state index contributed by atoms with van der Waals surface area (Å²) in [6.45, 7) is 8.79. The molecule has 3 aliphatic carbocycles. The minimum atomic E-state index is -0.710. The number of aliphatic hydroxyl groups is 1. The van der Waals surface area contributed by atoms with Gasteiger partial charge in [-0.15, -0.1) is 5.73 Å². The number of benzene rings is 1. The summed E-state index contributed by atoms with van der Waals surface area (Å²) >= 11 is 0. The van der Waals surface area contributed by atoms with E-state index in [0.717, 1.165) is 44.5 Å². The van der Waals surface area contributed by atoms with Gasteiger partial charge in [0.25, 0.3) is 0 Å². The number of ether oxygens (including phenoxy) is 1. The first kappa shape index (κ1) is 17.9. The van der Waals surface area contributed by atoms with Gasteiger partial charge >= 0.3 is 0 Å². The lowest BCUT2D eigenvalue weighted by Crippen LogP contribution is -2.51. The highest BCUT2D eigenvalue weighted by atomic mass is 16.5. The van der Waals surface area contributed by atoms with E-state index in [-0.39, 0.29) is 5.41 Å². The summed E-state index contributed by atoms with van der Waals surface area (Å²) < 4.78 is 5.71. The monoisotopic (exact) mass is 352 g/mol. The molecular weight excluding hydrogens is 320 g/mol. The van der Waals surface area contributed by atoms with Crippen LogP contribution < -0.4 is 4.74 Å². The van der Waals surface area contributed by atoms with Crippen LogP contribution in [0.25, 0.3) is 0 Å². The molecule has 0 aromatic heterocycles. The van der Waals surface area contributed by atoms with E-state index >= 15 is 0 Å². The maximum atomic E-state index is 11.4. The third-order valence-electron chi connectivity index (χ3n) is 7.89. The van der Waals surface area contributed by atoms with Crippen molar-refractivity contribution in [3.05, 3.63) is 47.7 Å². The van der Waals surface area contributed by atoms with E-state index in [4.69, 9.17) is 4.74 Å². The second-order valence-corrected chi connectivity index (χ2v) is 8.57. The molecule has 26 heavy (non-hydrogen) atoms. The minimum Gasteiger partial charge on any atom is -0.494 e. The van der Waals surface area contributed by atoms with Crippen molar-refractivity contribution in [3.63, 3.8) is 0 Å². The van der Waals surface area contributed by atoms with Crippen molar-refractivity contribution in [2.24, 2.45) is 17.3 Å². The predicted octanol–water partition coefficient (Wildman–Crippen LogP) is 5.40. The first-order valence-electron chi connectivity index (χ1n) is 10.4. The zero-order valence-corrected chi connectivity index (χ0v) is 16.3. The van der Waals surface area contributed by atoms with E-state index in [1.165, 1.54) is 18.4 Å². The van der Waals surface area contributed by atoms with Crippen LogP contribution in [-0.4, -0.2) is 17.3 Å². The fourth-order valence-corrected chi connectivity index (χ4v) is 6.81. The molecule has 1 aromatic carbocycles. The summed E-state index contributed by atoms with van der Waals surface area (Å²) in [6, 6.07) is 6.74. The van der Waals surface area contributed by atoms with Crippen LogP contribution in [0, 0.1) is 17.3 Å². The van der Waals surface area contributed by atoms with Gasteiger partial charge in [-0.05, 0) is 99.0 Å². The van der Waals surface area contributed by atoms with Crippen molar-refractivity contribution in [2.45, 2.75) is 70.3 Å². The second kappa shape index (κ2) is 6.59. The fourth-order valence-electron chi connectivity index (χ4n) is 6.81. The molecule has 0 saturated heterocycles. The Bertz CT molecular complexity index is 732. The normalized spacial score (nSPS) is 37.9. The number of rotatable bonds is 4. The number of hydrogen-bond acceptors (Lipinski definition) is 2. The average Bonchev–Trinajstić information content (AvgIpc) is 2.95. The molecule has 0 heterocycles. The molecule has 0 aliphatic heterocycles. The summed E-state index contributed by atoms with van der Waals surface area (Å²) in [4.78, 5) is 0. The molecule has 0 bridgehead atoms. The Morgan fingerprint density at radius 1 is 1.27 bits per heavy atom. The number of hydrogen-bond donors (Lipinski definition) is 1. The van der Waals surface area contributed by atoms with E-state index in [9.17, 15) is 5.11 Å². The molecule has 0 amide bonds. The third-order valence-corrected chi connectivity index (χ3v) is 7.89. The van der Waals surface area contributed by atoms with Gasteiger partial charge in [-0.3, -0.25) is 0 Å². The van der Waals surface area contributed by atoms with Gasteiger partial charge in [-0.2, -0.15) is 0 Å². The Morgan fingerprint density at radius 2 is 2.12 bits per heavy atom. The van der Waals surface area contributed by atoms with Gasteiger partial charge in [-0.25, -0.2) is 0 Å². The van der Waals surface area contributed by atoms with E-state index in [1.54, 1.807) is 5.56 Å². The third kappa shape index (κ3) is 2.42. The molecule has 2 heteroatoms. The quantitative estimate of drug-likeness (QED) is 0.735. The first-order valence-corrected chi connectivity index (χ1v) is 10.4. The summed E-state index contributed by atoms with van der Waals surface area (Å²) in [5, 5.41) is 11.4. The van der Waals surface area contributed by atoms with Crippen LogP contribution in [0.3, 0.4) is 0 Å². The Kier molecular flexibility index (Phi) is 4.53. The van der Waals surface area contributed by atoms with Crippen molar-refractivity contribution in [1.82, 2.24) is 0 Å². The maximum Gasteiger partial charge on any atom is 0.119 e. The zero-order valence-electron chi connectivity index (χ0n) is 16.3. The molecule has 0 unspecified atom stereocenters. The van der Waals surface area contributed by atoms with Crippen LogP contribution in [0.1, 0.15) is 69.4 Å². The van der Waals surface area contributed by atoms with Crippen LogP contribution in [0.2, 0.25) is 0 Å². The lowest BCUT2D eigenvalue weighted by atomic mass is 9.51. The van der Waals surface area contributed by atoms with E-state index in [0.29, 0.717) is 17.8 Å². The summed E-state index contributed by atoms with van der Waals surface area (Å²) in [5.41, 5.74) is 5.25. The highest BCUT2D eigenvalue weighted by Gasteiger charge is 2.62. The van der Waals surface area contributed by atoms with E-state index in [1.807, 2.05) is 13.0 Å². The first-order chi connectivity index (χ1) is 12.6. The van der Waals surface area contributed by atoms with Crippen molar-refractivity contribution in [1.29, 1.82) is 0 Å². The summed E-state index contributed by atoms with van der Waals surface area (Å²) in [5.74, 6) is 2.96. The molecule has 2 nitrogen and oxygen atoms in total. The number of aryl methyl sites for hydroxylation is 1. The lowest BCUT2D eigenvalue weighted by Gasteiger charge is -2.54. The lowest BCUT2D eigenvalue weighted by molar-refractivity contribution is -0.0857. The predicted molar refractivity (Wildman–Crippen MR) is 106 cm³/mol. The van der Waals surface area contributed by atoms with E-state index < -0.39 is 5.60 Å². The Labute approximate surface area is 158 Å². The molecule has 0 radical (unpaired) electrons. The van der Waals surface area contributed by atoms with Crippen LogP contribution in [0.4, 0.5) is 0 Å². The Balaban J connectivity index is 1.68. The fraction of sp³-hybridized carbons (Fsp3) is 0.625. The second-order valence-electron chi connectivity index (χ2n) is 8.57. The largest absolute Gasteiger partial charge is 0.494 e. The highest BCUT2D eigenvalue weighted by molar-refractivity contribution is 5.41. The van der Waals surface area contributed by atoms with E-state index in [2.05, 4.69) is 37.4 Å². The van der Waals surface area contributed by atoms with Crippen LogP contribution in [-0.2, 0) is 6.42 Å². The Morgan fingerprint density at radius 3 is 2.85 bits per heavy atom. The molecular formula is C24H32O2. The maximum absolute atomic E-state index is 11.4. The Hall–Kier alpha value is -1.50. The average molecular weight is 353 g/mol. The molecule has 5 atom stereocenters. The molecule has 3 aliphatic rings. The summed E-state index contributed by atoms with van der Waals surface area (Å²) in [6.07, 6.45) is 9.61. The topological polar surface area (TPSA) is 29.5 Å². The molecule has 140 valence electrons. The van der Waals surface area contributed by atoms with Crippen LogP contribution in [0.5, 0.6) is 5.75 Å². The zero-order chi connectivity index (χ0) is 18.4. The van der Waals surface area contributed by atoms with Gasteiger partial charge < -0.3 is 9.84 Å². The number of fused-ring (bicyclic) bond motifs is 5. The van der Waals surface area contributed by atoms with Gasteiger partial charge in [0.1, 0.15) is 5.75 Å². The molecule has 1 aromatic rings. The van der Waals surface area contributed by atoms with Gasteiger partial charge in [0.15, 0.2) is 0 Å². The molecule has 0 spiro atoms. The SMILES string of the molecule is C=C=C[C@]1(O)CC[C@H]2[C@@H]3CCc4cc(OCC)ccc4[C@H]3CC[C@@]21CC. The van der Waals surface area contributed by atoms with Gasteiger partial charge in [0.2, 0.25) is 0 Å². The van der Waals surface area contributed by atoms with Crippen molar-refractivity contribution < 1.29 is 9.84 Å². The van der Waals surface area contributed by atoms with Crippen molar-refractivity contribution in [3.8, 4) is 5.75 Å². The van der Waals surface area contributed by atoms with Crippen LogP contribution >= 0.6 is 0 Å². The molecule has 4 rings (SSSR count).